The fraction of sp³-hybridized carbons (Fsp3) is 0.450. The van der Waals surface area contributed by atoms with Crippen molar-refractivity contribution in [2.75, 3.05) is 19.5 Å². The number of nitrogens with one attached hydrogen (secondary N) is 2. The summed E-state index contributed by atoms with van der Waals surface area (Å²) in [5.74, 6) is 1.48. The highest BCUT2D eigenvalue weighted by Gasteiger charge is 2.17. The Morgan fingerprint density at radius 1 is 1.07 bits per heavy atom. The summed E-state index contributed by atoms with van der Waals surface area (Å²) in [5.41, 5.74) is 1.01. The fourth-order valence-corrected chi connectivity index (χ4v) is 3.26. The van der Waals surface area contributed by atoms with Crippen LogP contribution in [0.5, 0.6) is 11.5 Å². The quantitative estimate of drug-likeness (QED) is 0.755. The maximum Gasteiger partial charge on any atom is 0.270 e. The van der Waals surface area contributed by atoms with E-state index >= 15 is 0 Å². The van der Waals surface area contributed by atoms with Gasteiger partial charge in [-0.1, -0.05) is 25.7 Å². The zero-order valence-electron chi connectivity index (χ0n) is 15.8. The van der Waals surface area contributed by atoms with E-state index in [2.05, 4.69) is 20.6 Å². The predicted molar refractivity (Wildman–Crippen MR) is 104 cm³/mol. The summed E-state index contributed by atoms with van der Waals surface area (Å²) >= 11 is 0. The number of rotatable bonds is 6. The lowest BCUT2D eigenvalue weighted by Gasteiger charge is -2.16. The van der Waals surface area contributed by atoms with Gasteiger partial charge in [-0.25, -0.2) is 9.97 Å². The largest absolute Gasteiger partial charge is 0.497 e. The minimum atomic E-state index is -0.162. The van der Waals surface area contributed by atoms with E-state index in [1.54, 1.807) is 38.6 Å². The van der Waals surface area contributed by atoms with Gasteiger partial charge in [0.05, 0.1) is 19.9 Å². The average Bonchev–Trinajstić information content (AvgIpc) is 2.96. The molecule has 1 aliphatic rings. The average molecular weight is 370 g/mol. The van der Waals surface area contributed by atoms with Crippen LogP contribution in [0.1, 0.15) is 49.0 Å². The van der Waals surface area contributed by atoms with Crippen LogP contribution in [0.15, 0.2) is 30.5 Å². The predicted octanol–water partition coefficient (Wildman–Crippen LogP) is 3.69. The number of carbonyl (C=O) groups excluding carboxylic acids is 1. The first-order valence-electron chi connectivity index (χ1n) is 9.32. The van der Waals surface area contributed by atoms with E-state index in [4.69, 9.17) is 9.47 Å². The van der Waals surface area contributed by atoms with Gasteiger partial charge in [0.1, 0.15) is 17.2 Å². The van der Waals surface area contributed by atoms with Gasteiger partial charge in [0.25, 0.3) is 5.91 Å². The second kappa shape index (κ2) is 9.21. The third kappa shape index (κ3) is 5.09. The first-order chi connectivity index (χ1) is 13.2. The lowest BCUT2D eigenvalue weighted by molar-refractivity contribution is 0.0928. The number of anilines is 2. The summed E-state index contributed by atoms with van der Waals surface area (Å²) in [7, 11) is 3.19. The minimum absolute atomic E-state index is 0.162. The Morgan fingerprint density at radius 3 is 2.56 bits per heavy atom. The van der Waals surface area contributed by atoms with E-state index < -0.39 is 0 Å². The molecule has 2 aromatic rings. The number of nitrogens with zero attached hydrogens (tertiary/aromatic N) is 2. The summed E-state index contributed by atoms with van der Waals surface area (Å²) in [6, 6.07) is 7.25. The number of hydrogen-bond donors (Lipinski definition) is 2. The van der Waals surface area contributed by atoms with E-state index in [9.17, 15) is 4.79 Å². The number of ether oxygens (including phenoxy) is 2. The van der Waals surface area contributed by atoms with Crippen LogP contribution in [0.4, 0.5) is 11.6 Å². The maximum absolute atomic E-state index is 12.6. The maximum atomic E-state index is 12.6. The number of hydrogen-bond acceptors (Lipinski definition) is 6. The molecule has 0 spiro atoms. The molecular formula is C20H26N4O3. The van der Waals surface area contributed by atoms with Crippen molar-refractivity contribution in [3.8, 4) is 11.5 Å². The molecule has 7 nitrogen and oxygen atoms in total. The highest BCUT2D eigenvalue weighted by molar-refractivity contribution is 5.92. The smallest absolute Gasteiger partial charge is 0.270 e. The number of aromatic nitrogens is 2. The highest BCUT2D eigenvalue weighted by atomic mass is 16.5. The van der Waals surface area contributed by atoms with Gasteiger partial charge in [-0.15, -0.1) is 0 Å². The first kappa shape index (κ1) is 18.9. The first-order valence-corrected chi connectivity index (χ1v) is 9.32. The van der Waals surface area contributed by atoms with E-state index in [0.29, 0.717) is 28.8 Å². The van der Waals surface area contributed by atoms with Crippen molar-refractivity contribution in [1.82, 2.24) is 15.3 Å². The van der Waals surface area contributed by atoms with Gasteiger partial charge in [0, 0.05) is 18.3 Å². The number of benzene rings is 1. The second-order valence-corrected chi connectivity index (χ2v) is 6.62. The van der Waals surface area contributed by atoms with Crippen LogP contribution in [0.3, 0.4) is 0 Å². The van der Waals surface area contributed by atoms with Crippen LogP contribution in [-0.2, 0) is 0 Å². The highest BCUT2D eigenvalue weighted by Crippen LogP contribution is 2.30. The van der Waals surface area contributed by atoms with Gasteiger partial charge in [0.15, 0.2) is 0 Å². The Labute approximate surface area is 159 Å². The molecule has 1 aliphatic carbocycles. The normalized spacial score (nSPS) is 14.9. The molecule has 0 atom stereocenters. The van der Waals surface area contributed by atoms with Crippen LogP contribution in [0.2, 0.25) is 0 Å². The van der Waals surface area contributed by atoms with Gasteiger partial charge in [-0.2, -0.15) is 0 Å². The molecule has 1 aromatic heterocycles. The molecule has 1 heterocycles. The summed E-state index contributed by atoms with van der Waals surface area (Å²) in [6.07, 6.45) is 8.46. The summed E-state index contributed by atoms with van der Waals surface area (Å²) in [6.45, 7) is 0. The van der Waals surface area contributed by atoms with Crippen LogP contribution in [0.25, 0.3) is 0 Å². The number of carbonyl (C=O) groups is 1. The van der Waals surface area contributed by atoms with E-state index in [0.717, 1.165) is 25.7 Å². The zero-order valence-corrected chi connectivity index (χ0v) is 15.8. The lowest BCUT2D eigenvalue weighted by atomic mass is 10.1. The molecule has 0 aliphatic heterocycles. The van der Waals surface area contributed by atoms with Crippen LogP contribution in [-0.4, -0.2) is 36.1 Å². The van der Waals surface area contributed by atoms with Gasteiger partial charge in [-0.05, 0) is 31.0 Å². The topological polar surface area (TPSA) is 85.4 Å². The van der Waals surface area contributed by atoms with Gasteiger partial charge in [-0.3, -0.25) is 4.79 Å². The van der Waals surface area contributed by atoms with Gasteiger partial charge < -0.3 is 20.1 Å². The van der Waals surface area contributed by atoms with Crippen molar-refractivity contribution in [1.29, 1.82) is 0 Å². The van der Waals surface area contributed by atoms with Gasteiger partial charge >= 0.3 is 0 Å². The SMILES string of the molecule is COc1ccc(OC)c(Nc2nccc(C(=O)NC3CCCCCC3)n2)c1. The third-order valence-electron chi connectivity index (χ3n) is 4.73. The number of amides is 1. The monoisotopic (exact) mass is 370 g/mol. The Balaban J connectivity index is 1.72. The Bertz CT molecular complexity index is 774. The van der Waals surface area contributed by atoms with E-state index in [1.165, 1.54) is 12.8 Å². The van der Waals surface area contributed by atoms with E-state index in [1.807, 2.05) is 6.07 Å². The molecule has 0 bridgehead atoms. The Hall–Kier alpha value is -2.83. The molecule has 0 saturated heterocycles. The molecule has 3 rings (SSSR count). The molecule has 1 aromatic carbocycles. The molecule has 1 amide bonds. The Kier molecular flexibility index (Phi) is 6.46. The fourth-order valence-electron chi connectivity index (χ4n) is 3.26. The van der Waals surface area contributed by atoms with Crippen molar-refractivity contribution in [3.63, 3.8) is 0 Å². The second-order valence-electron chi connectivity index (χ2n) is 6.62. The lowest BCUT2D eigenvalue weighted by Crippen LogP contribution is -2.35. The number of methoxy groups -OCH3 is 2. The van der Waals surface area contributed by atoms with Crippen molar-refractivity contribution in [3.05, 3.63) is 36.2 Å². The molecule has 2 N–H and O–H groups in total. The summed E-state index contributed by atoms with van der Waals surface area (Å²) in [4.78, 5) is 21.1. The molecule has 7 heteroatoms. The van der Waals surface area contributed by atoms with Crippen molar-refractivity contribution < 1.29 is 14.3 Å². The van der Waals surface area contributed by atoms with Crippen LogP contribution >= 0.6 is 0 Å². The van der Waals surface area contributed by atoms with E-state index in [-0.39, 0.29) is 11.9 Å². The summed E-state index contributed by atoms with van der Waals surface area (Å²) in [5, 5.41) is 6.21. The molecule has 1 fully saturated rings. The standard InChI is InChI=1S/C20H26N4O3/c1-26-15-9-10-18(27-2)17(13-15)24-20-21-12-11-16(23-20)19(25)22-14-7-5-3-4-6-8-14/h9-14H,3-8H2,1-2H3,(H,22,25)(H,21,23,24). The minimum Gasteiger partial charge on any atom is -0.497 e. The van der Waals surface area contributed by atoms with Gasteiger partial charge in [0.2, 0.25) is 5.95 Å². The molecular weight excluding hydrogens is 344 g/mol. The molecule has 1 saturated carbocycles. The molecule has 144 valence electrons. The molecule has 0 radical (unpaired) electrons. The Morgan fingerprint density at radius 2 is 1.85 bits per heavy atom. The van der Waals surface area contributed by atoms with Crippen LogP contribution < -0.4 is 20.1 Å². The van der Waals surface area contributed by atoms with Crippen molar-refractivity contribution in [2.24, 2.45) is 0 Å². The zero-order chi connectivity index (χ0) is 19.1. The van der Waals surface area contributed by atoms with Crippen molar-refractivity contribution in [2.45, 2.75) is 44.6 Å². The van der Waals surface area contributed by atoms with Crippen molar-refractivity contribution >= 4 is 17.5 Å². The summed E-state index contributed by atoms with van der Waals surface area (Å²) < 4.78 is 10.6. The third-order valence-corrected chi connectivity index (χ3v) is 4.73. The van der Waals surface area contributed by atoms with Crippen LogP contribution in [0, 0.1) is 0 Å². The molecule has 0 unspecified atom stereocenters. The molecule has 27 heavy (non-hydrogen) atoms.